The minimum absolute atomic E-state index is 0.128. The number of fused-ring (bicyclic) bond motifs is 1. The molecule has 0 unspecified atom stereocenters. The maximum Gasteiger partial charge on any atom is 0.413 e. The standard InChI is InChI=1S/C21H25N5O4S/c1-12(2)26(11-16-23-14-9-7-6-8-13(14)17(27)24-16)18(28)15-10-22-19(31-15)25-20(29)30-21(3,4)5/h6-10,12H,11H2,1-5H3,(H,22,25,29)(H,23,24,27). The van der Waals surface area contributed by atoms with Crippen LogP contribution in [0.3, 0.4) is 0 Å². The van der Waals surface area contributed by atoms with Crippen LogP contribution < -0.4 is 10.9 Å². The predicted molar refractivity (Wildman–Crippen MR) is 119 cm³/mol. The molecule has 0 saturated carbocycles. The van der Waals surface area contributed by atoms with Crippen molar-refractivity contribution in [2.45, 2.75) is 52.8 Å². The molecule has 3 aromatic rings. The first-order valence-electron chi connectivity index (χ1n) is 9.78. The largest absolute Gasteiger partial charge is 0.444 e. The molecule has 2 aromatic heterocycles. The fraction of sp³-hybridized carbons (Fsp3) is 0.381. The Bertz CT molecular complexity index is 1160. The highest BCUT2D eigenvalue weighted by Gasteiger charge is 2.24. The van der Waals surface area contributed by atoms with Crippen LogP contribution in [0.5, 0.6) is 0 Å². The molecular formula is C21H25N5O4S. The lowest BCUT2D eigenvalue weighted by Crippen LogP contribution is -2.37. The van der Waals surface area contributed by atoms with Crippen molar-refractivity contribution in [2.75, 3.05) is 5.32 Å². The molecule has 164 valence electrons. The number of rotatable bonds is 5. The third-order valence-electron chi connectivity index (χ3n) is 4.19. The molecule has 9 nitrogen and oxygen atoms in total. The Balaban J connectivity index is 1.78. The number of amides is 2. The first-order chi connectivity index (χ1) is 14.5. The van der Waals surface area contributed by atoms with E-state index in [1.807, 2.05) is 13.8 Å². The predicted octanol–water partition coefficient (Wildman–Crippen LogP) is 3.78. The van der Waals surface area contributed by atoms with Crippen LogP contribution >= 0.6 is 11.3 Å². The van der Waals surface area contributed by atoms with E-state index in [4.69, 9.17) is 4.74 Å². The minimum atomic E-state index is -0.641. The Labute approximate surface area is 183 Å². The average molecular weight is 444 g/mol. The maximum absolute atomic E-state index is 13.1. The summed E-state index contributed by atoms with van der Waals surface area (Å²) in [4.78, 5) is 50.6. The van der Waals surface area contributed by atoms with Crippen molar-refractivity contribution in [1.82, 2.24) is 19.9 Å². The lowest BCUT2D eigenvalue weighted by atomic mass is 10.2. The lowest BCUT2D eigenvalue weighted by molar-refractivity contribution is 0.0634. The number of aromatic amines is 1. The molecule has 0 saturated heterocycles. The summed E-state index contributed by atoms with van der Waals surface area (Å²) in [6.07, 6.45) is 0.769. The SMILES string of the molecule is CC(C)N(Cc1nc2ccccc2c(=O)[nH]1)C(=O)c1cnc(NC(=O)OC(C)(C)C)s1. The number of benzene rings is 1. The molecule has 2 N–H and O–H groups in total. The van der Waals surface area contributed by atoms with Crippen LogP contribution in [-0.4, -0.2) is 43.5 Å². The highest BCUT2D eigenvalue weighted by atomic mass is 32.1. The molecular weight excluding hydrogens is 418 g/mol. The summed E-state index contributed by atoms with van der Waals surface area (Å²) in [6, 6.07) is 6.88. The number of thiazole rings is 1. The molecule has 1 aromatic carbocycles. The first kappa shape index (κ1) is 22.4. The van der Waals surface area contributed by atoms with E-state index in [1.165, 1.54) is 6.20 Å². The van der Waals surface area contributed by atoms with Crippen molar-refractivity contribution >= 4 is 39.4 Å². The second-order valence-corrected chi connectivity index (χ2v) is 9.24. The van der Waals surface area contributed by atoms with E-state index in [0.29, 0.717) is 21.6 Å². The van der Waals surface area contributed by atoms with Gasteiger partial charge in [-0.05, 0) is 46.8 Å². The second kappa shape index (κ2) is 8.84. The van der Waals surface area contributed by atoms with Crippen molar-refractivity contribution < 1.29 is 14.3 Å². The lowest BCUT2D eigenvalue weighted by Gasteiger charge is -2.25. The van der Waals surface area contributed by atoms with Crippen molar-refractivity contribution in [3.05, 3.63) is 51.5 Å². The number of nitrogens with zero attached hydrogens (tertiary/aromatic N) is 3. The van der Waals surface area contributed by atoms with Gasteiger partial charge in [0.15, 0.2) is 5.13 Å². The molecule has 0 aliphatic rings. The zero-order chi connectivity index (χ0) is 22.8. The minimum Gasteiger partial charge on any atom is -0.444 e. The van der Waals surface area contributed by atoms with Crippen molar-refractivity contribution in [1.29, 1.82) is 0 Å². The number of para-hydroxylation sites is 1. The highest BCUT2D eigenvalue weighted by Crippen LogP contribution is 2.22. The molecule has 0 aliphatic carbocycles. The number of aromatic nitrogens is 3. The van der Waals surface area contributed by atoms with Crippen molar-refractivity contribution in [3.63, 3.8) is 0 Å². The summed E-state index contributed by atoms with van der Waals surface area (Å²) >= 11 is 1.05. The topological polar surface area (TPSA) is 117 Å². The van der Waals surface area contributed by atoms with E-state index < -0.39 is 11.7 Å². The second-order valence-electron chi connectivity index (χ2n) is 8.21. The van der Waals surface area contributed by atoms with Crippen LogP contribution in [0.15, 0.2) is 35.3 Å². The summed E-state index contributed by atoms with van der Waals surface area (Å²) in [7, 11) is 0. The van der Waals surface area contributed by atoms with Gasteiger partial charge in [-0.2, -0.15) is 0 Å². The number of nitrogens with one attached hydrogen (secondary N) is 2. The number of H-pyrrole nitrogens is 1. The van der Waals surface area contributed by atoms with Crippen molar-refractivity contribution in [3.8, 4) is 0 Å². The van der Waals surface area contributed by atoms with E-state index in [9.17, 15) is 14.4 Å². The molecule has 0 atom stereocenters. The number of carbonyl (C=O) groups is 2. The highest BCUT2D eigenvalue weighted by molar-refractivity contribution is 7.17. The fourth-order valence-corrected chi connectivity index (χ4v) is 3.58. The van der Waals surface area contributed by atoms with Crippen LogP contribution in [-0.2, 0) is 11.3 Å². The molecule has 0 spiro atoms. The zero-order valence-electron chi connectivity index (χ0n) is 18.1. The van der Waals surface area contributed by atoms with Gasteiger partial charge in [-0.3, -0.25) is 14.9 Å². The summed E-state index contributed by atoms with van der Waals surface area (Å²) in [6.45, 7) is 9.15. The fourth-order valence-electron chi connectivity index (χ4n) is 2.82. The molecule has 0 aliphatic heterocycles. The first-order valence-corrected chi connectivity index (χ1v) is 10.6. The van der Waals surface area contributed by atoms with Gasteiger partial charge in [-0.15, -0.1) is 0 Å². The van der Waals surface area contributed by atoms with Crippen LogP contribution in [0, 0.1) is 0 Å². The van der Waals surface area contributed by atoms with E-state index in [1.54, 1.807) is 49.9 Å². The molecule has 2 amide bonds. The third-order valence-corrected chi connectivity index (χ3v) is 5.09. The average Bonchev–Trinajstić information content (AvgIpc) is 3.12. The quantitative estimate of drug-likeness (QED) is 0.620. The van der Waals surface area contributed by atoms with E-state index in [0.717, 1.165) is 11.3 Å². The Kier molecular flexibility index (Phi) is 6.40. The van der Waals surface area contributed by atoms with Crippen LogP contribution in [0.2, 0.25) is 0 Å². The van der Waals surface area contributed by atoms with Crippen LogP contribution in [0.25, 0.3) is 10.9 Å². The van der Waals surface area contributed by atoms with Crippen LogP contribution in [0.1, 0.15) is 50.1 Å². The van der Waals surface area contributed by atoms with Crippen molar-refractivity contribution in [2.24, 2.45) is 0 Å². The van der Waals surface area contributed by atoms with Gasteiger partial charge in [0.25, 0.3) is 11.5 Å². The van der Waals surface area contributed by atoms with Gasteiger partial charge in [0.1, 0.15) is 16.3 Å². The van der Waals surface area contributed by atoms with Gasteiger partial charge in [-0.25, -0.2) is 14.8 Å². The Hall–Kier alpha value is -3.27. The Morgan fingerprint density at radius 1 is 1.26 bits per heavy atom. The zero-order valence-corrected chi connectivity index (χ0v) is 18.9. The monoisotopic (exact) mass is 443 g/mol. The van der Waals surface area contributed by atoms with Crippen LogP contribution in [0.4, 0.5) is 9.93 Å². The molecule has 0 fully saturated rings. The number of hydrogen-bond acceptors (Lipinski definition) is 7. The summed E-state index contributed by atoms with van der Waals surface area (Å²) in [5, 5.41) is 3.29. The molecule has 10 heteroatoms. The summed E-state index contributed by atoms with van der Waals surface area (Å²) in [5.41, 5.74) is -0.324. The van der Waals surface area contributed by atoms with E-state index in [-0.39, 0.29) is 29.2 Å². The molecule has 3 rings (SSSR count). The smallest absolute Gasteiger partial charge is 0.413 e. The van der Waals surface area contributed by atoms with E-state index in [2.05, 4.69) is 20.3 Å². The van der Waals surface area contributed by atoms with E-state index >= 15 is 0 Å². The van der Waals surface area contributed by atoms with Gasteiger partial charge < -0.3 is 14.6 Å². The summed E-state index contributed by atoms with van der Waals surface area (Å²) < 4.78 is 5.20. The third kappa shape index (κ3) is 5.66. The maximum atomic E-state index is 13.1. The van der Waals surface area contributed by atoms with Gasteiger partial charge in [0.2, 0.25) is 0 Å². The van der Waals surface area contributed by atoms with Gasteiger partial charge in [-0.1, -0.05) is 23.5 Å². The number of ether oxygens (including phenoxy) is 1. The molecule has 0 bridgehead atoms. The van der Waals surface area contributed by atoms with Gasteiger partial charge in [0, 0.05) is 6.04 Å². The molecule has 31 heavy (non-hydrogen) atoms. The Morgan fingerprint density at radius 3 is 2.65 bits per heavy atom. The molecule has 0 radical (unpaired) electrons. The molecule has 2 heterocycles. The van der Waals surface area contributed by atoms with Gasteiger partial charge in [0.05, 0.1) is 23.6 Å². The normalized spacial score (nSPS) is 11.5. The number of hydrogen-bond donors (Lipinski definition) is 2. The number of carbonyl (C=O) groups excluding carboxylic acids is 2. The van der Waals surface area contributed by atoms with Gasteiger partial charge >= 0.3 is 6.09 Å². The summed E-state index contributed by atoms with van der Waals surface area (Å²) in [5.74, 6) is 0.114. The number of anilines is 1. The Morgan fingerprint density at radius 2 is 1.97 bits per heavy atom.